The molecular formula is C17H24N2O3. The van der Waals surface area contributed by atoms with Crippen molar-refractivity contribution in [2.24, 2.45) is 0 Å². The summed E-state index contributed by atoms with van der Waals surface area (Å²) in [5, 5.41) is 13.0. The average Bonchev–Trinajstić information content (AvgIpc) is 2.96. The number of anilines is 1. The summed E-state index contributed by atoms with van der Waals surface area (Å²) < 4.78 is 0. The third kappa shape index (κ3) is 3.65. The Hall–Kier alpha value is -1.88. The molecule has 1 saturated heterocycles. The SMILES string of the molecule is CCC(=O)Nc1cccc(C(=O)N2CCCC2C(C)(C)O)c1. The third-order valence-corrected chi connectivity index (χ3v) is 4.04. The summed E-state index contributed by atoms with van der Waals surface area (Å²) in [6.07, 6.45) is 2.10. The summed E-state index contributed by atoms with van der Waals surface area (Å²) in [4.78, 5) is 25.9. The number of carbonyl (C=O) groups is 2. The van der Waals surface area contributed by atoms with E-state index < -0.39 is 5.60 Å². The predicted molar refractivity (Wildman–Crippen MR) is 85.7 cm³/mol. The average molecular weight is 304 g/mol. The lowest BCUT2D eigenvalue weighted by molar-refractivity contribution is -0.115. The van der Waals surface area contributed by atoms with Crippen LogP contribution < -0.4 is 5.32 Å². The van der Waals surface area contributed by atoms with E-state index in [9.17, 15) is 14.7 Å². The molecule has 0 spiro atoms. The largest absolute Gasteiger partial charge is 0.388 e. The number of amides is 2. The zero-order valence-electron chi connectivity index (χ0n) is 13.4. The number of hydrogen-bond acceptors (Lipinski definition) is 3. The van der Waals surface area contributed by atoms with Crippen molar-refractivity contribution in [3.05, 3.63) is 29.8 Å². The smallest absolute Gasteiger partial charge is 0.254 e. The summed E-state index contributed by atoms with van der Waals surface area (Å²) in [5.74, 6) is -0.183. The highest BCUT2D eigenvalue weighted by atomic mass is 16.3. The highest BCUT2D eigenvalue weighted by Gasteiger charge is 2.38. The normalized spacial score (nSPS) is 18.4. The molecule has 0 radical (unpaired) electrons. The molecule has 1 fully saturated rings. The third-order valence-electron chi connectivity index (χ3n) is 4.04. The topological polar surface area (TPSA) is 69.6 Å². The summed E-state index contributed by atoms with van der Waals surface area (Å²) in [6, 6.07) is 6.78. The fourth-order valence-electron chi connectivity index (χ4n) is 2.89. The fraction of sp³-hybridized carbons (Fsp3) is 0.529. The molecule has 22 heavy (non-hydrogen) atoms. The highest BCUT2D eigenvalue weighted by Crippen LogP contribution is 2.28. The van der Waals surface area contributed by atoms with Gasteiger partial charge in [0, 0.05) is 24.2 Å². The zero-order chi connectivity index (χ0) is 16.3. The minimum atomic E-state index is -0.916. The van der Waals surface area contributed by atoms with Gasteiger partial charge in [-0.3, -0.25) is 9.59 Å². The Balaban J connectivity index is 2.19. The number of carbonyl (C=O) groups excluding carboxylic acids is 2. The first-order valence-corrected chi connectivity index (χ1v) is 7.76. The Kier molecular flexibility index (Phi) is 4.86. The fourth-order valence-corrected chi connectivity index (χ4v) is 2.89. The van der Waals surface area contributed by atoms with Crippen LogP contribution in [-0.4, -0.2) is 40.0 Å². The molecule has 2 rings (SSSR count). The van der Waals surface area contributed by atoms with E-state index in [4.69, 9.17) is 0 Å². The van der Waals surface area contributed by atoms with Gasteiger partial charge in [-0.1, -0.05) is 13.0 Å². The molecule has 0 saturated carbocycles. The lowest BCUT2D eigenvalue weighted by Gasteiger charge is -2.33. The van der Waals surface area contributed by atoms with Crippen molar-refractivity contribution in [1.82, 2.24) is 4.90 Å². The van der Waals surface area contributed by atoms with Crippen LogP contribution in [-0.2, 0) is 4.79 Å². The first-order chi connectivity index (χ1) is 10.3. The second-order valence-corrected chi connectivity index (χ2v) is 6.29. The summed E-state index contributed by atoms with van der Waals surface area (Å²) >= 11 is 0. The molecule has 1 aromatic rings. The Bertz CT molecular complexity index is 563. The standard InChI is InChI=1S/C17H24N2O3/c1-4-15(20)18-13-8-5-7-12(11-13)16(21)19-10-6-9-14(19)17(2,3)22/h5,7-8,11,14,22H,4,6,9-10H2,1-3H3,(H,18,20). The Labute approximate surface area is 131 Å². The summed E-state index contributed by atoms with van der Waals surface area (Å²) in [5.41, 5.74) is 0.238. The van der Waals surface area contributed by atoms with Crippen LogP contribution in [0.1, 0.15) is 50.4 Å². The van der Waals surface area contributed by atoms with E-state index >= 15 is 0 Å². The van der Waals surface area contributed by atoms with Gasteiger partial charge in [0.15, 0.2) is 0 Å². The van der Waals surface area contributed by atoms with Gasteiger partial charge in [0.2, 0.25) is 5.91 Å². The van der Waals surface area contributed by atoms with Crippen LogP contribution in [0.15, 0.2) is 24.3 Å². The van der Waals surface area contributed by atoms with Crippen molar-refractivity contribution in [1.29, 1.82) is 0 Å². The van der Waals surface area contributed by atoms with Crippen LogP contribution in [0, 0.1) is 0 Å². The van der Waals surface area contributed by atoms with Crippen LogP contribution in [0.3, 0.4) is 0 Å². The molecule has 1 aliphatic heterocycles. The molecule has 1 unspecified atom stereocenters. The predicted octanol–water partition coefficient (Wildman–Crippen LogP) is 2.41. The van der Waals surface area contributed by atoms with E-state index in [0.29, 0.717) is 24.2 Å². The number of benzene rings is 1. The molecule has 1 heterocycles. The van der Waals surface area contributed by atoms with E-state index in [0.717, 1.165) is 12.8 Å². The molecule has 1 aromatic carbocycles. The van der Waals surface area contributed by atoms with Gasteiger partial charge < -0.3 is 15.3 Å². The maximum atomic E-state index is 12.7. The highest BCUT2D eigenvalue weighted by molar-refractivity contribution is 5.97. The van der Waals surface area contributed by atoms with Crippen LogP contribution >= 0.6 is 0 Å². The minimum absolute atomic E-state index is 0.0832. The Morgan fingerprint density at radius 2 is 2.14 bits per heavy atom. The first-order valence-electron chi connectivity index (χ1n) is 7.76. The number of aliphatic hydroxyl groups is 1. The van der Waals surface area contributed by atoms with Crippen LogP contribution in [0.25, 0.3) is 0 Å². The quantitative estimate of drug-likeness (QED) is 0.897. The molecule has 1 atom stereocenters. The molecule has 2 N–H and O–H groups in total. The van der Waals surface area contributed by atoms with Crippen LogP contribution in [0.5, 0.6) is 0 Å². The second-order valence-electron chi connectivity index (χ2n) is 6.29. The van der Waals surface area contributed by atoms with Crippen molar-refractivity contribution in [3.63, 3.8) is 0 Å². The van der Waals surface area contributed by atoms with Crippen molar-refractivity contribution in [2.45, 2.75) is 51.7 Å². The number of rotatable bonds is 4. The maximum absolute atomic E-state index is 12.7. The minimum Gasteiger partial charge on any atom is -0.388 e. The molecule has 0 bridgehead atoms. The molecular weight excluding hydrogens is 280 g/mol. The number of hydrogen-bond donors (Lipinski definition) is 2. The van der Waals surface area contributed by atoms with Crippen LogP contribution in [0.2, 0.25) is 0 Å². The van der Waals surface area contributed by atoms with Crippen molar-refractivity contribution >= 4 is 17.5 Å². The molecule has 0 aliphatic carbocycles. The van der Waals surface area contributed by atoms with Crippen molar-refractivity contribution in [3.8, 4) is 0 Å². The summed E-state index contributed by atoms with van der Waals surface area (Å²) in [6.45, 7) is 5.91. The van der Waals surface area contributed by atoms with E-state index in [1.165, 1.54) is 0 Å². The van der Waals surface area contributed by atoms with Gasteiger partial charge in [-0.15, -0.1) is 0 Å². The van der Waals surface area contributed by atoms with E-state index in [1.54, 1.807) is 49.9 Å². The van der Waals surface area contributed by atoms with Crippen LogP contribution in [0.4, 0.5) is 5.69 Å². The Morgan fingerprint density at radius 3 is 2.77 bits per heavy atom. The maximum Gasteiger partial charge on any atom is 0.254 e. The second kappa shape index (κ2) is 6.48. The lowest BCUT2D eigenvalue weighted by atomic mass is 9.96. The van der Waals surface area contributed by atoms with Gasteiger partial charge in [-0.25, -0.2) is 0 Å². The van der Waals surface area contributed by atoms with Crippen molar-refractivity contribution in [2.75, 3.05) is 11.9 Å². The van der Waals surface area contributed by atoms with Crippen molar-refractivity contribution < 1.29 is 14.7 Å². The molecule has 0 aromatic heterocycles. The van der Waals surface area contributed by atoms with Gasteiger partial charge in [-0.05, 0) is 44.9 Å². The van der Waals surface area contributed by atoms with Gasteiger partial charge in [0.1, 0.15) is 0 Å². The monoisotopic (exact) mass is 304 g/mol. The number of likely N-dealkylation sites (tertiary alicyclic amines) is 1. The first kappa shape index (κ1) is 16.5. The summed E-state index contributed by atoms with van der Waals surface area (Å²) in [7, 11) is 0. The molecule has 2 amide bonds. The van der Waals surface area contributed by atoms with E-state index in [1.807, 2.05) is 0 Å². The number of nitrogens with one attached hydrogen (secondary N) is 1. The molecule has 1 aliphatic rings. The molecule has 120 valence electrons. The van der Waals surface area contributed by atoms with Gasteiger partial charge in [-0.2, -0.15) is 0 Å². The van der Waals surface area contributed by atoms with Gasteiger partial charge in [0.05, 0.1) is 11.6 Å². The van der Waals surface area contributed by atoms with Gasteiger partial charge in [0.25, 0.3) is 5.91 Å². The number of nitrogens with zero attached hydrogens (tertiary/aromatic N) is 1. The zero-order valence-corrected chi connectivity index (χ0v) is 13.4. The van der Waals surface area contributed by atoms with E-state index in [2.05, 4.69) is 5.32 Å². The molecule has 5 nitrogen and oxygen atoms in total. The van der Waals surface area contributed by atoms with E-state index in [-0.39, 0.29) is 17.9 Å². The molecule has 5 heteroatoms. The Morgan fingerprint density at radius 1 is 1.41 bits per heavy atom. The van der Waals surface area contributed by atoms with Gasteiger partial charge >= 0.3 is 0 Å². The lowest BCUT2D eigenvalue weighted by Crippen LogP contribution is -2.48.